The second kappa shape index (κ2) is 5.77. The minimum absolute atomic E-state index is 0.815. The molecule has 2 rings (SSSR count). The fourth-order valence-corrected chi connectivity index (χ4v) is 2.74. The van der Waals surface area contributed by atoms with E-state index in [1.165, 1.54) is 36.9 Å². The molecule has 0 spiro atoms. The molecule has 1 N–H and O–H groups in total. The van der Waals surface area contributed by atoms with Crippen molar-refractivity contribution in [3.63, 3.8) is 0 Å². The molecule has 2 heteroatoms. The Morgan fingerprint density at radius 2 is 1.94 bits per heavy atom. The van der Waals surface area contributed by atoms with Crippen LogP contribution >= 0.6 is 11.6 Å². The maximum atomic E-state index is 6.02. The Balaban J connectivity index is 1.87. The van der Waals surface area contributed by atoms with Crippen molar-refractivity contribution in [3.8, 4) is 0 Å². The molecule has 1 aromatic rings. The molecule has 1 aliphatic carbocycles. The van der Waals surface area contributed by atoms with E-state index in [9.17, 15) is 0 Å². The third-order valence-electron chi connectivity index (χ3n) is 3.92. The molecule has 0 atom stereocenters. The van der Waals surface area contributed by atoms with Crippen LogP contribution in [0.2, 0.25) is 5.02 Å². The van der Waals surface area contributed by atoms with Crippen LogP contribution in [-0.2, 0) is 0 Å². The largest absolute Gasteiger partial charge is 0.385 e. The molecule has 0 amide bonds. The molecule has 1 fully saturated rings. The molecule has 0 aliphatic heterocycles. The number of nitrogens with one attached hydrogen (secondary N) is 1. The van der Waals surface area contributed by atoms with Crippen molar-refractivity contribution in [2.75, 3.05) is 11.9 Å². The van der Waals surface area contributed by atoms with Crippen molar-refractivity contribution < 1.29 is 0 Å². The van der Waals surface area contributed by atoms with Crippen LogP contribution in [0.3, 0.4) is 0 Å². The van der Waals surface area contributed by atoms with Gasteiger partial charge in [-0.25, -0.2) is 0 Å². The van der Waals surface area contributed by atoms with E-state index >= 15 is 0 Å². The van der Waals surface area contributed by atoms with Crippen LogP contribution in [-0.4, -0.2) is 6.54 Å². The zero-order valence-electron chi connectivity index (χ0n) is 10.8. The van der Waals surface area contributed by atoms with E-state index in [1.807, 2.05) is 12.1 Å². The molecule has 1 nitrogen and oxygen atoms in total. The maximum Gasteiger partial charge on any atom is 0.0426 e. The van der Waals surface area contributed by atoms with E-state index in [4.69, 9.17) is 11.6 Å². The minimum atomic E-state index is 0.815. The van der Waals surface area contributed by atoms with E-state index in [0.717, 1.165) is 23.4 Å². The Labute approximate surface area is 110 Å². The van der Waals surface area contributed by atoms with E-state index in [1.54, 1.807) is 0 Å². The number of benzene rings is 1. The summed E-state index contributed by atoms with van der Waals surface area (Å²) in [5, 5.41) is 4.37. The lowest BCUT2D eigenvalue weighted by molar-refractivity contribution is 0.300. The van der Waals surface area contributed by atoms with Gasteiger partial charge in [-0.1, -0.05) is 37.4 Å². The molecular formula is C15H22ClN. The molecule has 1 saturated carbocycles. The third-order valence-corrected chi connectivity index (χ3v) is 4.15. The molecule has 1 aromatic carbocycles. The fraction of sp³-hybridized carbons (Fsp3) is 0.600. The number of hydrogen-bond acceptors (Lipinski definition) is 1. The predicted octanol–water partition coefficient (Wildman–Crippen LogP) is 4.89. The summed E-state index contributed by atoms with van der Waals surface area (Å²) in [4.78, 5) is 0. The Morgan fingerprint density at radius 1 is 1.24 bits per heavy atom. The summed E-state index contributed by atoms with van der Waals surface area (Å²) >= 11 is 6.02. The standard InChI is InChI=1S/C15H22ClN/c1-11-3-6-13(7-4-11)10-17-15-9-14(16)8-5-12(15)2/h5,8-9,11,13,17H,3-4,6-7,10H2,1-2H3. The van der Waals surface area contributed by atoms with Gasteiger partial charge < -0.3 is 5.32 Å². The van der Waals surface area contributed by atoms with Gasteiger partial charge in [0.1, 0.15) is 0 Å². The van der Waals surface area contributed by atoms with Crippen LogP contribution < -0.4 is 5.32 Å². The average molecular weight is 252 g/mol. The molecule has 1 aliphatic rings. The van der Waals surface area contributed by atoms with Gasteiger partial charge in [0.05, 0.1) is 0 Å². The van der Waals surface area contributed by atoms with Crippen molar-refractivity contribution >= 4 is 17.3 Å². The first-order valence-electron chi connectivity index (χ1n) is 6.65. The molecule has 17 heavy (non-hydrogen) atoms. The first-order chi connectivity index (χ1) is 8.15. The summed E-state index contributed by atoms with van der Waals surface area (Å²) in [6.07, 6.45) is 5.52. The molecule has 94 valence electrons. The van der Waals surface area contributed by atoms with Crippen LogP contribution in [0.15, 0.2) is 18.2 Å². The predicted molar refractivity (Wildman–Crippen MR) is 75.8 cm³/mol. The lowest BCUT2D eigenvalue weighted by Crippen LogP contribution is -2.20. The van der Waals surface area contributed by atoms with Gasteiger partial charge in [-0.05, 0) is 49.3 Å². The van der Waals surface area contributed by atoms with Crippen molar-refractivity contribution in [2.24, 2.45) is 11.8 Å². The van der Waals surface area contributed by atoms with E-state index in [0.29, 0.717) is 0 Å². The third kappa shape index (κ3) is 3.64. The molecule has 0 unspecified atom stereocenters. The van der Waals surface area contributed by atoms with Gasteiger partial charge in [0.2, 0.25) is 0 Å². The molecule has 0 saturated heterocycles. The monoisotopic (exact) mass is 251 g/mol. The summed E-state index contributed by atoms with van der Waals surface area (Å²) in [6, 6.07) is 6.06. The van der Waals surface area contributed by atoms with Gasteiger partial charge in [-0.2, -0.15) is 0 Å². The normalized spacial score (nSPS) is 24.6. The molecule has 0 heterocycles. The molecular weight excluding hydrogens is 230 g/mol. The summed E-state index contributed by atoms with van der Waals surface area (Å²) < 4.78 is 0. The minimum Gasteiger partial charge on any atom is -0.385 e. The van der Waals surface area contributed by atoms with Crippen LogP contribution in [0.25, 0.3) is 0 Å². The average Bonchev–Trinajstić information content (AvgIpc) is 2.32. The summed E-state index contributed by atoms with van der Waals surface area (Å²) in [7, 11) is 0. The number of anilines is 1. The van der Waals surface area contributed by atoms with E-state index in [-0.39, 0.29) is 0 Å². The number of rotatable bonds is 3. The number of hydrogen-bond donors (Lipinski definition) is 1. The highest BCUT2D eigenvalue weighted by Crippen LogP contribution is 2.29. The summed E-state index contributed by atoms with van der Waals surface area (Å²) in [5.41, 5.74) is 2.47. The van der Waals surface area contributed by atoms with Crippen molar-refractivity contribution in [1.82, 2.24) is 0 Å². The first kappa shape index (κ1) is 12.8. The Hall–Kier alpha value is -0.690. The lowest BCUT2D eigenvalue weighted by Gasteiger charge is -2.26. The van der Waals surface area contributed by atoms with Crippen molar-refractivity contribution in [1.29, 1.82) is 0 Å². The van der Waals surface area contributed by atoms with Gasteiger partial charge in [-0.3, -0.25) is 0 Å². The fourth-order valence-electron chi connectivity index (χ4n) is 2.57. The second-order valence-corrected chi connectivity index (χ2v) is 5.90. The van der Waals surface area contributed by atoms with Crippen LogP contribution in [0.4, 0.5) is 5.69 Å². The Kier molecular flexibility index (Phi) is 4.33. The van der Waals surface area contributed by atoms with Crippen LogP contribution in [0.5, 0.6) is 0 Å². The number of aryl methyl sites for hydroxylation is 1. The van der Waals surface area contributed by atoms with Gasteiger partial charge >= 0.3 is 0 Å². The lowest BCUT2D eigenvalue weighted by atomic mass is 9.83. The van der Waals surface area contributed by atoms with Gasteiger partial charge in [0.15, 0.2) is 0 Å². The van der Waals surface area contributed by atoms with E-state index in [2.05, 4.69) is 25.2 Å². The highest BCUT2D eigenvalue weighted by atomic mass is 35.5. The highest BCUT2D eigenvalue weighted by molar-refractivity contribution is 6.30. The molecule has 0 bridgehead atoms. The SMILES string of the molecule is Cc1ccc(Cl)cc1NCC1CCC(C)CC1. The van der Waals surface area contributed by atoms with Gasteiger partial charge in [-0.15, -0.1) is 0 Å². The van der Waals surface area contributed by atoms with Crippen LogP contribution in [0.1, 0.15) is 38.2 Å². The zero-order chi connectivity index (χ0) is 12.3. The summed E-state index contributed by atoms with van der Waals surface area (Å²) in [6.45, 7) is 5.58. The van der Waals surface area contributed by atoms with Crippen molar-refractivity contribution in [2.45, 2.75) is 39.5 Å². The Morgan fingerprint density at radius 3 is 2.65 bits per heavy atom. The van der Waals surface area contributed by atoms with Crippen LogP contribution in [0, 0.1) is 18.8 Å². The topological polar surface area (TPSA) is 12.0 Å². The van der Waals surface area contributed by atoms with Gasteiger partial charge in [0, 0.05) is 17.3 Å². The summed E-state index contributed by atoms with van der Waals surface area (Å²) in [5.74, 6) is 1.77. The van der Waals surface area contributed by atoms with E-state index < -0.39 is 0 Å². The van der Waals surface area contributed by atoms with Crippen molar-refractivity contribution in [3.05, 3.63) is 28.8 Å². The number of halogens is 1. The smallest absolute Gasteiger partial charge is 0.0426 e. The first-order valence-corrected chi connectivity index (χ1v) is 7.03. The quantitative estimate of drug-likeness (QED) is 0.807. The Bertz CT molecular complexity index is 367. The zero-order valence-corrected chi connectivity index (χ0v) is 11.6. The maximum absolute atomic E-state index is 6.02. The van der Waals surface area contributed by atoms with Gasteiger partial charge in [0.25, 0.3) is 0 Å². The molecule has 0 radical (unpaired) electrons. The highest BCUT2D eigenvalue weighted by Gasteiger charge is 2.17. The second-order valence-electron chi connectivity index (χ2n) is 5.47. The molecule has 0 aromatic heterocycles.